The Morgan fingerprint density at radius 3 is 1.56 bits per heavy atom. The van der Waals surface area contributed by atoms with Crippen molar-refractivity contribution in [2.45, 2.75) is 0 Å². The molecule has 0 aliphatic heterocycles. The maximum atomic E-state index is 9.86. The first-order valence-corrected chi connectivity index (χ1v) is 3.65. The zero-order valence-electron chi connectivity index (χ0n) is 3.83. The molecule has 52 valence electrons. The molecule has 0 heterocycles. The van der Waals surface area contributed by atoms with E-state index in [0.29, 0.717) is 0 Å². The second-order valence-corrected chi connectivity index (χ2v) is 2.57. The van der Waals surface area contributed by atoms with Crippen LogP contribution in [0.25, 0.3) is 0 Å². The van der Waals surface area contributed by atoms with Crippen LogP contribution in [0.2, 0.25) is 0 Å². The van der Waals surface area contributed by atoms with Crippen LogP contribution in [0.1, 0.15) is 0 Å². The summed E-state index contributed by atoms with van der Waals surface area (Å²) in [6.45, 7) is 0. The predicted molar refractivity (Wildman–Crippen MR) is 23.7 cm³/mol. The fraction of sp³-hybridized carbons (Fsp3) is 0. The van der Waals surface area contributed by atoms with E-state index in [2.05, 4.69) is 13.7 Å². The maximum absolute atomic E-state index is 9.86. The molecule has 0 aromatic carbocycles. The summed E-state index contributed by atoms with van der Waals surface area (Å²) in [4.78, 5) is 0. The highest BCUT2D eigenvalue weighted by Gasteiger charge is 2.40. The summed E-state index contributed by atoms with van der Waals surface area (Å²) in [5.41, 5.74) is 0. The van der Waals surface area contributed by atoms with Crippen molar-refractivity contribution in [3.05, 3.63) is 0 Å². The minimum Gasteiger partial charge on any atom is -0.202 e. The summed E-state index contributed by atoms with van der Waals surface area (Å²) >= 11 is 0. The van der Waals surface area contributed by atoms with Crippen molar-refractivity contribution in [2.75, 3.05) is 0 Å². The molecule has 0 rings (SSSR count). The standard InChI is InChI=1S/O7P2/c1-5-8(3)7-9(4)6-2/p+2. The zero-order valence-corrected chi connectivity index (χ0v) is 5.62. The van der Waals surface area contributed by atoms with Crippen LogP contribution >= 0.6 is 16.5 Å². The topological polar surface area (TPSA) is 102 Å². The minimum atomic E-state index is -2.89. The third-order valence-electron chi connectivity index (χ3n) is 0.267. The SMILES string of the molecule is O=[P+](OO)O[P+](=O)OO. The smallest absolute Gasteiger partial charge is 0.202 e. The van der Waals surface area contributed by atoms with E-state index in [0.717, 1.165) is 0 Å². The van der Waals surface area contributed by atoms with Crippen molar-refractivity contribution in [3.63, 3.8) is 0 Å². The van der Waals surface area contributed by atoms with E-state index < -0.39 is 16.5 Å². The molecule has 0 bridgehead atoms. The molecule has 0 saturated carbocycles. The Hall–Kier alpha value is -0.0000000000000000416. The Balaban J connectivity index is 3.47. The quantitative estimate of drug-likeness (QED) is 0.377. The molecule has 0 aliphatic rings. The number of hydrogen-bond donors (Lipinski definition) is 2. The Kier molecular flexibility index (Phi) is 4.84. The highest BCUT2D eigenvalue weighted by molar-refractivity contribution is 7.47. The second kappa shape index (κ2) is 4.84. The minimum absolute atomic E-state index is 2.89. The molecule has 0 spiro atoms. The van der Waals surface area contributed by atoms with E-state index in [4.69, 9.17) is 10.5 Å². The Bertz CT molecular complexity index is 102. The van der Waals surface area contributed by atoms with E-state index in [9.17, 15) is 9.13 Å². The monoisotopic (exact) mass is 176 g/mol. The van der Waals surface area contributed by atoms with Crippen molar-refractivity contribution in [3.8, 4) is 0 Å². The highest BCUT2D eigenvalue weighted by atomic mass is 31.2. The van der Waals surface area contributed by atoms with Crippen LogP contribution in [-0.4, -0.2) is 10.5 Å². The average Bonchev–Trinajstić information content (AvgIpc) is 1.87. The fourth-order valence-corrected chi connectivity index (χ4v) is 0.758. The van der Waals surface area contributed by atoms with Crippen LogP contribution in [0.4, 0.5) is 0 Å². The van der Waals surface area contributed by atoms with Crippen molar-refractivity contribution in [1.29, 1.82) is 0 Å². The van der Waals surface area contributed by atoms with E-state index >= 15 is 0 Å². The molecule has 2 atom stereocenters. The van der Waals surface area contributed by atoms with Gasteiger partial charge >= 0.3 is 16.5 Å². The largest absolute Gasteiger partial charge is 0.778 e. The van der Waals surface area contributed by atoms with Crippen molar-refractivity contribution < 1.29 is 33.3 Å². The van der Waals surface area contributed by atoms with Crippen LogP contribution in [0.15, 0.2) is 0 Å². The lowest BCUT2D eigenvalue weighted by atomic mass is 15.0. The Labute approximate surface area is 50.9 Å². The molecule has 0 saturated heterocycles. The Morgan fingerprint density at radius 2 is 1.33 bits per heavy atom. The van der Waals surface area contributed by atoms with Crippen molar-refractivity contribution in [2.24, 2.45) is 0 Å². The zero-order chi connectivity index (χ0) is 7.28. The van der Waals surface area contributed by atoms with Gasteiger partial charge in [0.25, 0.3) is 0 Å². The molecule has 2 unspecified atom stereocenters. The van der Waals surface area contributed by atoms with Gasteiger partial charge in [0.1, 0.15) is 0 Å². The summed E-state index contributed by atoms with van der Waals surface area (Å²) in [7, 11) is -5.77. The first-order valence-electron chi connectivity index (χ1n) is 1.46. The van der Waals surface area contributed by atoms with Gasteiger partial charge in [0, 0.05) is 9.13 Å². The summed E-state index contributed by atoms with van der Waals surface area (Å²) in [6.07, 6.45) is 0. The summed E-state index contributed by atoms with van der Waals surface area (Å²) in [6, 6.07) is 0. The molecule has 0 amide bonds. The summed E-state index contributed by atoms with van der Waals surface area (Å²) in [5.74, 6) is 0. The molecule has 2 N–H and O–H groups in total. The average molecular weight is 176 g/mol. The molecule has 7 nitrogen and oxygen atoms in total. The molecule has 0 radical (unpaired) electrons. The van der Waals surface area contributed by atoms with Crippen LogP contribution in [0.3, 0.4) is 0 Å². The van der Waals surface area contributed by atoms with Gasteiger partial charge in [-0.15, -0.1) is 0 Å². The molecular formula is H2O7P2+2. The summed E-state index contributed by atoms with van der Waals surface area (Å²) in [5, 5.41) is 15.0. The van der Waals surface area contributed by atoms with Gasteiger partial charge < -0.3 is 0 Å². The third-order valence-corrected chi connectivity index (χ3v) is 1.60. The van der Waals surface area contributed by atoms with E-state index in [-0.39, 0.29) is 0 Å². The maximum Gasteiger partial charge on any atom is 0.778 e. The van der Waals surface area contributed by atoms with Gasteiger partial charge in [-0.05, 0) is 0 Å². The van der Waals surface area contributed by atoms with Crippen LogP contribution in [0.5, 0.6) is 0 Å². The molecule has 0 fully saturated rings. The summed E-state index contributed by atoms with van der Waals surface area (Å²) < 4.78 is 29.4. The highest BCUT2D eigenvalue weighted by Crippen LogP contribution is 2.37. The molecule has 9 heteroatoms. The van der Waals surface area contributed by atoms with Crippen LogP contribution < -0.4 is 0 Å². The molecule has 9 heavy (non-hydrogen) atoms. The van der Waals surface area contributed by atoms with Gasteiger partial charge in [0.05, 0.1) is 9.35 Å². The normalized spacial score (nSPS) is 13.1. The van der Waals surface area contributed by atoms with E-state index in [1.54, 1.807) is 0 Å². The number of hydrogen-bond acceptors (Lipinski definition) is 7. The van der Waals surface area contributed by atoms with Crippen molar-refractivity contribution in [1.82, 2.24) is 0 Å². The second-order valence-electron chi connectivity index (χ2n) is 0.692. The van der Waals surface area contributed by atoms with E-state index in [1.165, 1.54) is 0 Å². The van der Waals surface area contributed by atoms with E-state index in [1.807, 2.05) is 0 Å². The van der Waals surface area contributed by atoms with Gasteiger partial charge in [-0.1, -0.05) is 0 Å². The number of rotatable bonds is 4. The molecular weight excluding hydrogens is 174 g/mol. The molecule has 0 aliphatic carbocycles. The van der Waals surface area contributed by atoms with Gasteiger partial charge in [-0.3, -0.25) is 0 Å². The van der Waals surface area contributed by atoms with Gasteiger partial charge in [0.15, 0.2) is 4.31 Å². The van der Waals surface area contributed by atoms with Gasteiger partial charge in [0.2, 0.25) is 0 Å². The lowest BCUT2D eigenvalue weighted by Crippen LogP contribution is -1.72. The van der Waals surface area contributed by atoms with Crippen LogP contribution in [0, 0.1) is 0 Å². The first kappa shape index (κ1) is 9.00. The molecule has 0 aromatic rings. The van der Waals surface area contributed by atoms with Crippen LogP contribution in [-0.2, 0) is 22.8 Å². The Morgan fingerprint density at radius 1 is 1.00 bits per heavy atom. The van der Waals surface area contributed by atoms with Gasteiger partial charge in [-0.25, -0.2) is 10.5 Å². The lowest BCUT2D eigenvalue weighted by Gasteiger charge is -1.63. The molecule has 0 aromatic heterocycles. The lowest BCUT2D eigenvalue weighted by molar-refractivity contribution is -0.149. The van der Waals surface area contributed by atoms with Gasteiger partial charge in [-0.2, -0.15) is 0 Å². The third kappa shape index (κ3) is 4.50. The first-order chi connectivity index (χ1) is 4.20. The van der Waals surface area contributed by atoms with Crippen molar-refractivity contribution >= 4 is 16.5 Å². The fourth-order valence-electron chi connectivity index (χ4n) is 0.0842. The predicted octanol–water partition coefficient (Wildman–Crippen LogP) is 1.30.